The van der Waals surface area contributed by atoms with Gasteiger partial charge in [0.15, 0.2) is 0 Å². The zero-order chi connectivity index (χ0) is 13.2. The van der Waals surface area contributed by atoms with E-state index in [-0.39, 0.29) is 0 Å². The van der Waals surface area contributed by atoms with Crippen LogP contribution < -0.4 is 4.74 Å². The molecule has 96 valence electrons. The van der Waals surface area contributed by atoms with E-state index < -0.39 is 0 Å². The Balaban J connectivity index is 0.000000225. The Morgan fingerprint density at radius 2 is 1.50 bits per heavy atom. The van der Waals surface area contributed by atoms with Gasteiger partial charge in [-0.1, -0.05) is 13.8 Å². The lowest BCUT2D eigenvalue weighted by Crippen LogP contribution is -2.01. The van der Waals surface area contributed by atoms with E-state index in [9.17, 15) is 0 Å². The van der Waals surface area contributed by atoms with Crippen molar-refractivity contribution in [1.29, 1.82) is 0 Å². The van der Waals surface area contributed by atoms with Gasteiger partial charge >= 0.3 is 0 Å². The summed E-state index contributed by atoms with van der Waals surface area (Å²) in [4.78, 5) is 15.7. The van der Waals surface area contributed by atoms with Crippen molar-refractivity contribution in [1.82, 2.24) is 19.9 Å². The van der Waals surface area contributed by atoms with E-state index in [1.165, 1.54) is 0 Å². The SMILES string of the molecule is COc1nccnc1CC(C)C.c1cnccn1. The normalized spacial score (nSPS) is 9.56. The molecular formula is C13H18N4O. The topological polar surface area (TPSA) is 60.8 Å². The van der Waals surface area contributed by atoms with Crippen LogP contribution in [0.4, 0.5) is 0 Å². The highest BCUT2D eigenvalue weighted by Gasteiger charge is 2.06. The van der Waals surface area contributed by atoms with Crippen molar-refractivity contribution in [2.24, 2.45) is 5.92 Å². The van der Waals surface area contributed by atoms with Crippen LogP contribution in [0.25, 0.3) is 0 Å². The van der Waals surface area contributed by atoms with Gasteiger partial charge in [0.05, 0.1) is 7.11 Å². The number of aromatic nitrogens is 4. The number of rotatable bonds is 3. The molecule has 0 aromatic carbocycles. The summed E-state index contributed by atoms with van der Waals surface area (Å²) in [6.07, 6.45) is 10.8. The van der Waals surface area contributed by atoms with E-state index in [4.69, 9.17) is 4.74 Å². The molecule has 18 heavy (non-hydrogen) atoms. The van der Waals surface area contributed by atoms with Crippen molar-refractivity contribution < 1.29 is 4.74 Å². The quantitative estimate of drug-likeness (QED) is 0.830. The molecule has 5 heteroatoms. The maximum absolute atomic E-state index is 5.07. The Bertz CT molecular complexity index is 407. The minimum Gasteiger partial charge on any atom is -0.480 e. The van der Waals surface area contributed by atoms with Gasteiger partial charge in [0.25, 0.3) is 0 Å². The van der Waals surface area contributed by atoms with Gasteiger partial charge in [0.2, 0.25) is 5.88 Å². The number of ether oxygens (including phenoxy) is 1. The Morgan fingerprint density at radius 3 is 1.94 bits per heavy atom. The van der Waals surface area contributed by atoms with E-state index >= 15 is 0 Å². The Hall–Kier alpha value is -2.04. The number of nitrogens with zero attached hydrogens (tertiary/aromatic N) is 4. The fraction of sp³-hybridized carbons (Fsp3) is 0.385. The first-order chi connectivity index (χ1) is 8.74. The van der Waals surface area contributed by atoms with E-state index in [0.29, 0.717) is 11.8 Å². The van der Waals surface area contributed by atoms with Crippen LogP contribution in [0, 0.1) is 5.92 Å². The molecule has 0 saturated carbocycles. The molecule has 5 nitrogen and oxygen atoms in total. The lowest BCUT2D eigenvalue weighted by Gasteiger charge is -2.06. The van der Waals surface area contributed by atoms with Crippen LogP contribution in [-0.2, 0) is 6.42 Å². The highest BCUT2D eigenvalue weighted by molar-refractivity contribution is 5.17. The molecule has 0 fully saturated rings. The molecule has 2 aromatic rings. The molecular weight excluding hydrogens is 228 g/mol. The highest BCUT2D eigenvalue weighted by atomic mass is 16.5. The maximum Gasteiger partial charge on any atom is 0.235 e. The van der Waals surface area contributed by atoms with Gasteiger partial charge < -0.3 is 4.74 Å². The van der Waals surface area contributed by atoms with Crippen LogP contribution in [0.2, 0.25) is 0 Å². The van der Waals surface area contributed by atoms with Gasteiger partial charge in [-0.2, -0.15) is 0 Å². The highest BCUT2D eigenvalue weighted by Crippen LogP contribution is 2.14. The summed E-state index contributed by atoms with van der Waals surface area (Å²) in [6, 6.07) is 0. The van der Waals surface area contributed by atoms with Crippen LogP contribution in [-0.4, -0.2) is 27.0 Å². The van der Waals surface area contributed by atoms with Gasteiger partial charge in [-0.05, 0) is 12.3 Å². The molecule has 0 radical (unpaired) electrons. The average Bonchev–Trinajstić information content (AvgIpc) is 2.41. The number of hydrogen-bond donors (Lipinski definition) is 0. The zero-order valence-corrected chi connectivity index (χ0v) is 10.9. The third-order valence-electron chi connectivity index (χ3n) is 2.01. The smallest absolute Gasteiger partial charge is 0.235 e. The molecule has 0 atom stereocenters. The predicted molar refractivity (Wildman–Crippen MR) is 69.2 cm³/mol. The molecule has 0 amide bonds. The molecule has 0 bridgehead atoms. The standard InChI is InChI=1S/C9H14N2O.C4H4N2/c1-7(2)6-8-9(12-3)11-5-4-10-8;1-2-6-4-3-5-1/h4-5,7H,6H2,1-3H3;1-4H. The summed E-state index contributed by atoms with van der Waals surface area (Å²) in [6.45, 7) is 4.29. The largest absolute Gasteiger partial charge is 0.480 e. The minimum absolute atomic E-state index is 0.579. The molecule has 0 spiro atoms. The summed E-state index contributed by atoms with van der Waals surface area (Å²) in [7, 11) is 1.62. The minimum atomic E-state index is 0.579. The van der Waals surface area contributed by atoms with Crippen LogP contribution in [0.1, 0.15) is 19.5 Å². The van der Waals surface area contributed by atoms with Gasteiger partial charge in [0, 0.05) is 37.2 Å². The molecule has 0 N–H and O–H groups in total. The summed E-state index contributed by atoms with van der Waals surface area (Å²) in [5.41, 5.74) is 0.940. The summed E-state index contributed by atoms with van der Waals surface area (Å²) in [5, 5.41) is 0. The predicted octanol–water partition coefficient (Wildman–Crippen LogP) is 2.16. The van der Waals surface area contributed by atoms with Crippen LogP contribution in [0.5, 0.6) is 5.88 Å². The number of hydrogen-bond acceptors (Lipinski definition) is 5. The van der Waals surface area contributed by atoms with Crippen molar-refractivity contribution in [3.05, 3.63) is 42.9 Å². The molecule has 0 unspecified atom stereocenters. The van der Waals surface area contributed by atoms with Gasteiger partial charge in [-0.25, -0.2) is 4.98 Å². The molecule has 0 aliphatic carbocycles. The third-order valence-corrected chi connectivity index (χ3v) is 2.01. The van der Waals surface area contributed by atoms with Crippen LogP contribution >= 0.6 is 0 Å². The fourth-order valence-electron chi connectivity index (χ4n) is 1.30. The van der Waals surface area contributed by atoms with E-state index in [1.807, 2.05) is 0 Å². The second-order valence-electron chi connectivity index (χ2n) is 4.00. The fourth-order valence-corrected chi connectivity index (χ4v) is 1.30. The first-order valence-electron chi connectivity index (χ1n) is 5.78. The van der Waals surface area contributed by atoms with Crippen LogP contribution in [0.15, 0.2) is 37.2 Å². The average molecular weight is 246 g/mol. The van der Waals surface area contributed by atoms with Gasteiger partial charge in [-0.15, -0.1) is 0 Å². The Morgan fingerprint density at radius 1 is 0.944 bits per heavy atom. The molecule has 0 saturated heterocycles. The third kappa shape index (κ3) is 5.34. The molecule has 2 rings (SSSR count). The van der Waals surface area contributed by atoms with Crippen molar-refractivity contribution in [2.45, 2.75) is 20.3 Å². The summed E-state index contributed by atoms with van der Waals surface area (Å²) < 4.78 is 5.07. The van der Waals surface area contributed by atoms with E-state index in [2.05, 4.69) is 33.8 Å². The lowest BCUT2D eigenvalue weighted by molar-refractivity contribution is 0.386. The van der Waals surface area contributed by atoms with Crippen LogP contribution in [0.3, 0.4) is 0 Å². The Labute approximate surface area is 107 Å². The summed E-state index contributed by atoms with van der Waals surface area (Å²) >= 11 is 0. The zero-order valence-electron chi connectivity index (χ0n) is 10.9. The maximum atomic E-state index is 5.07. The molecule has 2 heterocycles. The van der Waals surface area contributed by atoms with Crippen molar-refractivity contribution in [3.8, 4) is 5.88 Å². The lowest BCUT2D eigenvalue weighted by atomic mass is 10.1. The summed E-state index contributed by atoms with van der Waals surface area (Å²) in [5.74, 6) is 1.22. The second kappa shape index (κ2) is 8.11. The number of methoxy groups -OCH3 is 1. The van der Waals surface area contributed by atoms with Crippen molar-refractivity contribution in [3.63, 3.8) is 0 Å². The molecule has 0 aliphatic heterocycles. The van der Waals surface area contributed by atoms with E-state index in [1.54, 1.807) is 44.3 Å². The molecule has 2 aromatic heterocycles. The first kappa shape index (κ1) is 14.0. The van der Waals surface area contributed by atoms with Crippen molar-refractivity contribution >= 4 is 0 Å². The first-order valence-corrected chi connectivity index (χ1v) is 5.78. The van der Waals surface area contributed by atoms with E-state index in [0.717, 1.165) is 12.1 Å². The molecule has 0 aliphatic rings. The van der Waals surface area contributed by atoms with Gasteiger partial charge in [0.1, 0.15) is 5.69 Å². The monoisotopic (exact) mass is 246 g/mol. The second-order valence-corrected chi connectivity index (χ2v) is 4.00. The Kier molecular flexibility index (Phi) is 6.32. The van der Waals surface area contributed by atoms with Crippen molar-refractivity contribution in [2.75, 3.05) is 7.11 Å². The van der Waals surface area contributed by atoms with Gasteiger partial charge in [-0.3, -0.25) is 15.0 Å².